The van der Waals surface area contributed by atoms with Crippen LogP contribution in [0.1, 0.15) is 18.1 Å². The van der Waals surface area contributed by atoms with Gasteiger partial charge >= 0.3 is 0 Å². The monoisotopic (exact) mass is 260 g/mol. The standard InChI is InChI=1S/C11H17FN2O2S/c1-7-4-10(5-8(2)11(7)12)17(15,16)14-9(3)6-13/h4-5,9,14H,6,13H2,1-3H3/t9-/m0/s1. The van der Waals surface area contributed by atoms with Crippen molar-refractivity contribution in [2.24, 2.45) is 5.73 Å². The number of nitrogens with one attached hydrogen (secondary N) is 1. The molecule has 0 aromatic heterocycles. The maximum atomic E-state index is 13.4. The van der Waals surface area contributed by atoms with Crippen molar-refractivity contribution in [1.82, 2.24) is 4.72 Å². The van der Waals surface area contributed by atoms with E-state index in [9.17, 15) is 12.8 Å². The Hall–Kier alpha value is -0.980. The number of rotatable bonds is 4. The van der Waals surface area contributed by atoms with Crippen LogP contribution in [0.2, 0.25) is 0 Å². The lowest BCUT2D eigenvalue weighted by Gasteiger charge is -2.13. The third-order valence-corrected chi connectivity index (χ3v) is 4.00. The lowest BCUT2D eigenvalue weighted by Crippen LogP contribution is -2.37. The van der Waals surface area contributed by atoms with E-state index in [-0.39, 0.29) is 23.3 Å². The lowest BCUT2D eigenvalue weighted by atomic mass is 10.1. The average molecular weight is 260 g/mol. The second-order valence-corrected chi connectivity index (χ2v) is 5.84. The average Bonchev–Trinajstić information content (AvgIpc) is 2.24. The van der Waals surface area contributed by atoms with Crippen molar-refractivity contribution in [3.63, 3.8) is 0 Å². The van der Waals surface area contributed by atoms with Crippen molar-refractivity contribution in [3.05, 3.63) is 29.1 Å². The Kier molecular flexibility index (Phi) is 4.24. The quantitative estimate of drug-likeness (QED) is 0.850. The first-order chi connectivity index (χ1) is 7.77. The highest BCUT2D eigenvalue weighted by Crippen LogP contribution is 2.18. The predicted molar refractivity (Wildman–Crippen MR) is 64.7 cm³/mol. The van der Waals surface area contributed by atoms with Gasteiger partial charge in [-0.1, -0.05) is 0 Å². The van der Waals surface area contributed by atoms with Gasteiger partial charge in [0.05, 0.1) is 4.90 Å². The lowest BCUT2D eigenvalue weighted by molar-refractivity contribution is 0.561. The van der Waals surface area contributed by atoms with Crippen molar-refractivity contribution in [2.75, 3.05) is 6.54 Å². The van der Waals surface area contributed by atoms with Crippen molar-refractivity contribution < 1.29 is 12.8 Å². The maximum Gasteiger partial charge on any atom is 0.240 e. The number of nitrogens with two attached hydrogens (primary N) is 1. The van der Waals surface area contributed by atoms with Gasteiger partial charge in [-0.05, 0) is 44.0 Å². The van der Waals surface area contributed by atoms with Gasteiger partial charge in [-0.3, -0.25) is 0 Å². The fourth-order valence-corrected chi connectivity index (χ4v) is 2.87. The molecule has 4 nitrogen and oxygen atoms in total. The number of sulfonamides is 1. The minimum atomic E-state index is -3.63. The van der Waals surface area contributed by atoms with E-state index in [2.05, 4.69) is 4.72 Å². The Labute approximate surface area is 101 Å². The van der Waals surface area contributed by atoms with Crippen LogP contribution in [-0.2, 0) is 10.0 Å². The summed E-state index contributed by atoms with van der Waals surface area (Å²) >= 11 is 0. The van der Waals surface area contributed by atoms with E-state index in [0.717, 1.165) is 0 Å². The molecule has 0 saturated heterocycles. The van der Waals surface area contributed by atoms with E-state index in [0.29, 0.717) is 11.1 Å². The van der Waals surface area contributed by atoms with Crippen LogP contribution in [0.4, 0.5) is 4.39 Å². The maximum absolute atomic E-state index is 13.4. The van der Waals surface area contributed by atoms with Crippen LogP contribution < -0.4 is 10.5 Å². The molecular formula is C11H17FN2O2S. The third-order valence-electron chi connectivity index (χ3n) is 2.43. The minimum Gasteiger partial charge on any atom is -0.329 e. The molecule has 0 aliphatic heterocycles. The van der Waals surface area contributed by atoms with Gasteiger partial charge in [0, 0.05) is 12.6 Å². The molecule has 0 aliphatic carbocycles. The van der Waals surface area contributed by atoms with Gasteiger partial charge in [-0.25, -0.2) is 17.5 Å². The Balaban J connectivity index is 3.16. The van der Waals surface area contributed by atoms with E-state index in [4.69, 9.17) is 5.73 Å². The summed E-state index contributed by atoms with van der Waals surface area (Å²) in [4.78, 5) is 0.0641. The first kappa shape index (κ1) is 14.1. The molecule has 0 radical (unpaired) electrons. The van der Waals surface area contributed by atoms with Crippen LogP contribution in [0.15, 0.2) is 17.0 Å². The van der Waals surface area contributed by atoms with Gasteiger partial charge in [-0.15, -0.1) is 0 Å². The second-order valence-electron chi connectivity index (χ2n) is 4.13. The topological polar surface area (TPSA) is 72.2 Å². The predicted octanol–water partition coefficient (Wildman–Crippen LogP) is 1.07. The van der Waals surface area contributed by atoms with E-state index >= 15 is 0 Å². The summed E-state index contributed by atoms with van der Waals surface area (Å²) in [5.74, 6) is -0.379. The van der Waals surface area contributed by atoms with Crippen molar-refractivity contribution in [3.8, 4) is 0 Å². The van der Waals surface area contributed by atoms with E-state index in [1.54, 1.807) is 6.92 Å². The summed E-state index contributed by atoms with van der Waals surface area (Å²) < 4.78 is 39.7. The van der Waals surface area contributed by atoms with Gasteiger partial charge in [0.15, 0.2) is 0 Å². The summed E-state index contributed by atoms with van der Waals surface area (Å²) in [6, 6.07) is 2.27. The molecule has 6 heteroatoms. The normalized spacial score (nSPS) is 13.7. The molecule has 1 atom stereocenters. The largest absolute Gasteiger partial charge is 0.329 e. The van der Waals surface area contributed by atoms with Gasteiger partial charge in [0.1, 0.15) is 5.82 Å². The first-order valence-electron chi connectivity index (χ1n) is 5.27. The Morgan fingerprint density at radius 3 is 2.24 bits per heavy atom. The zero-order valence-corrected chi connectivity index (χ0v) is 10.9. The highest BCUT2D eigenvalue weighted by Gasteiger charge is 2.18. The summed E-state index contributed by atoms with van der Waals surface area (Å²) in [7, 11) is -3.63. The van der Waals surface area contributed by atoms with Crippen LogP contribution in [-0.4, -0.2) is 21.0 Å². The fourth-order valence-electron chi connectivity index (χ4n) is 1.44. The van der Waals surface area contributed by atoms with E-state index in [1.807, 2.05) is 0 Å². The molecule has 0 heterocycles. The van der Waals surface area contributed by atoms with Crippen LogP contribution in [0, 0.1) is 19.7 Å². The summed E-state index contributed by atoms with van der Waals surface area (Å²) in [6.45, 7) is 4.95. The van der Waals surface area contributed by atoms with Crippen LogP contribution >= 0.6 is 0 Å². The smallest absolute Gasteiger partial charge is 0.240 e. The van der Waals surface area contributed by atoms with Crippen molar-refractivity contribution >= 4 is 10.0 Å². The molecule has 0 aliphatic rings. The van der Waals surface area contributed by atoms with Gasteiger partial charge in [-0.2, -0.15) is 0 Å². The van der Waals surface area contributed by atoms with Gasteiger partial charge < -0.3 is 5.73 Å². The highest BCUT2D eigenvalue weighted by atomic mass is 32.2. The fraction of sp³-hybridized carbons (Fsp3) is 0.455. The van der Waals surface area contributed by atoms with Gasteiger partial charge in [0.2, 0.25) is 10.0 Å². The Bertz CT molecular complexity index is 491. The first-order valence-corrected chi connectivity index (χ1v) is 6.75. The molecule has 0 unspecified atom stereocenters. The summed E-state index contributed by atoms with van der Waals surface area (Å²) in [5.41, 5.74) is 5.98. The van der Waals surface area contributed by atoms with Crippen molar-refractivity contribution in [1.29, 1.82) is 0 Å². The van der Waals surface area contributed by atoms with Crippen LogP contribution in [0.25, 0.3) is 0 Å². The van der Waals surface area contributed by atoms with Crippen LogP contribution in [0.5, 0.6) is 0 Å². The number of hydrogen-bond donors (Lipinski definition) is 2. The molecular weight excluding hydrogens is 243 g/mol. The second kappa shape index (κ2) is 5.12. The minimum absolute atomic E-state index is 0.0641. The molecule has 0 bridgehead atoms. The Morgan fingerprint density at radius 2 is 1.82 bits per heavy atom. The molecule has 0 fully saturated rings. The number of hydrogen-bond acceptors (Lipinski definition) is 3. The van der Waals surface area contributed by atoms with Crippen molar-refractivity contribution in [2.45, 2.75) is 31.7 Å². The van der Waals surface area contributed by atoms with E-state index < -0.39 is 10.0 Å². The van der Waals surface area contributed by atoms with Gasteiger partial charge in [0.25, 0.3) is 0 Å². The van der Waals surface area contributed by atoms with E-state index in [1.165, 1.54) is 26.0 Å². The molecule has 1 aromatic rings. The number of aryl methyl sites for hydroxylation is 2. The SMILES string of the molecule is Cc1cc(S(=O)(=O)N[C@@H](C)CN)cc(C)c1F. The third kappa shape index (κ3) is 3.24. The zero-order chi connectivity index (χ0) is 13.2. The molecule has 0 spiro atoms. The zero-order valence-electron chi connectivity index (χ0n) is 10.1. The van der Waals surface area contributed by atoms with Crippen LogP contribution in [0.3, 0.4) is 0 Å². The molecule has 1 aromatic carbocycles. The molecule has 1 rings (SSSR count). The Morgan fingerprint density at radius 1 is 1.35 bits per heavy atom. The highest BCUT2D eigenvalue weighted by molar-refractivity contribution is 7.89. The summed E-state index contributed by atoms with van der Waals surface area (Å²) in [5, 5.41) is 0. The number of benzene rings is 1. The molecule has 3 N–H and O–H groups in total. The molecule has 0 amide bonds. The summed E-state index contributed by atoms with van der Waals surface area (Å²) in [6.07, 6.45) is 0. The molecule has 96 valence electrons. The molecule has 17 heavy (non-hydrogen) atoms. The number of halogens is 1. The molecule has 0 saturated carbocycles.